The van der Waals surface area contributed by atoms with Gasteiger partial charge < -0.3 is 17.1 Å². The quantitative estimate of drug-likeness (QED) is 0.0747. The standard InChI is InChI=1S/C12H21ClSi.C4H8O.C3H6Cl4Si.C3H5.CH4.ClH.Mg/c1-4-9-14(10-5-2,11-6-3)12-7-8-13;1-2-4-5-3-1;4-2-1-3-8(5,6)7;1-3-2;;;/h4-6H,1-3,7-12H2;1-4H2;1-3H2;3H,1-2H2;1H4;1H;/q;;;-1;;;+2/p-1. The maximum absolute atomic E-state index is 5.75. The van der Waals surface area contributed by atoms with Gasteiger partial charge in [0.15, 0.2) is 0 Å². The Kier molecular flexibility index (Phi) is 52.1. The van der Waals surface area contributed by atoms with Crippen LogP contribution in [0, 0.1) is 6.92 Å². The van der Waals surface area contributed by atoms with E-state index in [-0.39, 0.29) is 42.9 Å². The number of ether oxygens (including phenoxy) is 1. The molecular formula is C23H44Cl6MgOSi2. The Hall–Kier alpha value is 1.73. The molecule has 1 fully saturated rings. The predicted molar refractivity (Wildman–Crippen MR) is 162 cm³/mol. The van der Waals surface area contributed by atoms with Gasteiger partial charge in [-0.2, -0.15) is 0 Å². The molecule has 0 N–H and O–H groups in total. The maximum atomic E-state index is 5.75. The number of hydrogen-bond acceptors (Lipinski definition) is 1. The van der Waals surface area contributed by atoms with Crippen molar-refractivity contribution in [3.8, 4) is 0 Å². The fraction of sp³-hybridized carbons (Fsp3) is 0.609. The van der Waals surface area contributed by atoms with E-state index < -0.39 is 14.1 Å². The summed E-state index contributed by atoms with van der Waals surface area (Å²) in [7, 11) is -1.26. The largest absolute Gasteiger partial charge is 2.00 e. The van der Waals surface area contributed by atoms with Crippen LogP contribution in [0.2, 0.25) is 30.2 Å². The van der Waals surface area contributed by atoms with Gasteiger partial charge in [-0.25, -0.2) is 19.6 Å². The number of alkyl halides is 2. The molecule has 0 radical (unpaired) electrons. The molecule has 1 saturated heterocycles. The van der Waals surface area contributed by atoms with Crippen molar-refractivity contribution in [2.24, 2.45) is 0 Å². The third kappa shape index (κ3) is 41.1. The predicted octanol–water partition coefficient (Wildman–Crippen LogP) is 6.96. The Bertz CT molecular complexity index is 386. The van der Waals surface area contributed by atoms with Gasteiger partial charge in [0.05, 0.1) is 8.07 Å². The van der Waals surface area contributed by atoms with E-state index in [9.17, 15) is 0 Å². The molecule has 1 aliphatic rings. The molecule has 33 heavy (non-hydrogen) atoms. The zero-order chi connectivity index (χ0) is 23.7. The first-order valence-corrected chi connectivity index (χ1v) is 19.4. The minimum absolute atomic E-state index is 0. The van der Waals surface area contributed by atoms with Crippen LogP contribution in [0.5, 0.6) is 0 Å². The molecule has 10 heteroatoms. The summed E-state index contributed by atoms with van der Waals surface area (Å²) >= 11 is 27.7. The fourth-order valence-corrected chi connectivity index (χ4v) is 9.07. The summed E-state index contributed by atoms with van der Waals surface area (Å²) in [5.41, 5.74) is 0. The summed E-state index contributed by atoms with van der Waals surface area (Å²) < 4.78 is 4.94. The summed E-state index contributed by atoms with van der Waals surface area (Å²) in [4.78, 5) is 0. The smallest absolute Gasteiger partial charge is 1.00 e. The molecule has 1 aliphatic heterocycles. The molecule has 0 aromatic rings. The van der Waals surface area contributed by atoms with Crippen molar-refractivity contribution in [1.82, 2.24) is 0 Å². The Morgan fingerprint density at radius 3 is 1.30 bits per heavy atom. The van der Waals surface area contributed by atoms with Gasteiger partial charge in [0, 0.05) is 25.0 Å². The minimum atomic E-state index is -2.35. The second kappa shape index (κ2) is 35.9. The molecule has 1 nitrogen and oxygen atoms in total. The number of rotatable bonds is 12. The van der Waals surface area contributed by atoms with Crippen LogP contribution < -0.4 is 12.4 Å². The SMILES string of the molecule is C.C1CCOC1.C=CC[Si](CC=C)(CC=C)CCCCl.C=C[CH2-].ClCCC[Si](Cl)(Cl)Cl.[Cl-].[Mg+2]. The third-order valence-corrected chi connectivity index (χ3v) is 12.0. The average Bonchev–Trinajstić information content (AvgIpc) is 3.26. The van der Waals surface area contributed by atoms with Crippen LogP contribution in [0.3, 0.4) is 0 Å². The van der Waals surface area contributed by atoms with Crippen LogP contribution in [0.4, 0.5) is 0 Å². The van der Waals surface area contributed by atoms with E-state index in [4.69, 9.17) is 61.2 Å². The van der Waals surface area contributed by atoms with Crippen molar-refractivity contribution in [1.29, 1.82) is 0 Å². The van der Waals surface area contributed by atoms with Gasteiger partial charge in [0.25, 0.3) is 0 Å². The Morgan fingerprint density at radius 1 is 0.788 bits per heavy atom. The Balaban J connectivity index is -0.0000000816. The molecular weight excluding hydrogens is 585 g/mol. The second-order valence-electron chi connectivity index (χ2n) is 6.79. The van der Waals surface area contributed by atoms with E-state index in [0.717, 1.165) is 50.1 Å². The van der Waals surface area contributed by atoms with E-state index in [1.165, 1.54) is 25.0 Å². The van der Waals surface area contributed by atoms with Gasteiger partial charge in [-0.3, -0.25) is 0 Å². The Morgan fingerprint density at radius 2 is 1.12 bits per heavy atom. The maximum Gasteiger partial charge on any atom is 2.00 e. The molecule has 1 heterocycles. The molecule has 0 atom stereocenters. The van der Waals surface area contributed by atoms with Crippen molar-refractivity contribution < 1.29 is 17.1 Å². The van der Waals surface area contributed by atoms with Gasteiger partial charge in [0.2, 0.25) is 0 Å². The van der Waals surface area contributed by atoms with Crippen LogP contribution in [0.1, 0.15) is 33.1 Å². The summed E-state index contributed by atoms with van der Waals surface area (Å²) in [6, 6.07) is 3.05. The fourth-order valence-electron chi connectivity index (χ4n) is 2.69. The zero-order valence-electron chi connectivity index (χ0n) is 19.4. The van der Waals surface area contributed by atoms with E-state index >= 15 is 0 Å². The first-order chi connectivity index (χ1) is 14.2. The summed E-state index contributed by atoms with van der Waals surface area (Å²) in [6.45, 7) is 20.1. The zero-order valence-corrected chi connectivity index (χ0v) is 27.4. The summed E-state index contributed by atoms with van der Waals surface area (Å²) in [5, 5.41) is 0. The first kappa shape index (κ1) is 47.9. The van der Waals surface area contributed by atoms with Gasteiger partial charge in [-0.1, -0.05) is 31.7 Å². The number of allylic oxidation sites excluding steroid dienone is 4. The molecule has 0 spiro atoms. The second-order valence-corrected chi connectivity index (χ2v) is 21.5. The molecule has 0 aromatic carbocycles. The molecule has 1 rings (SSSR count). The molecule has 0 bridgehead atoms. The summed E-state index contributed by atoms with van der Waals surface area (Å²) in [6.07, 6.45) is 12.1. The molecule has 0 aliphatic carbocycles. The summed E-state index contributed by atoms with van der Waals surface area (Å²) in [5.74, 6) is 1.35. The van der Waals surface area contributed by atoms with Crippen LogP contribution in [0.25, 0.3) is 0 Å². The van der Waals surface area contributed by atoms with E-state index in [2.05, 4.69) is 33.2 Å². The van der Waals surface area contributed by atoms with Gasteiger partial charge in [-0.05, 0) is 49.9 Å². The number of hydrogen-bond donors (Lipinski definition) is 0. The first-order valence-electron chi connectivity index (χ1n) is 10.2. The third-order valence-electron chi connectivity index (χ3n) is 3.99. The van der Waals surface area contributed by atoms with Crippen molar-refractivity contribution >= 4 is 93.6 Å². The van der Waals surface area contributed by atoms with Crippen LogP contribution in [-0.2, 0) is 4.74 Å². The molecule has 194 valence electrons. The monoisotopic (exact) mass is 626 g/mol. The Labute approximate surface area is 254 Å². The molecule has 0 unspecified atom stereocenters. The van der Waals surface area contributed by atoms with Crippen molar-refractivity contribution in [2.45, 2.75) is 63.3 Å². The van der Waals surface area contributed by atoms with Crippen molar-refractivity contribution in [3.05, 3.63) is 57.5 Å². The van der Waals surface area contributed by atoms with E-state index in [1.807, 2.05) is 18.2 Å². The van der Waals surface area contributed by atoms with Crippen LogP contribution in [-0.4, -0.2) is 62.1 Å². The van der Waals surface area contributed by atoms with Gasteiger partial charge in [-0.15, -0.1) is 76.2 Å². The van der Waals surface area contributed by atoms with Crippen molar-refractivity contribution in [2.75, 3.05) is 25.0 Å². The van der Waals surface area contributed by atoms with E-state index in [1.54, 1.807) is 0 Å². The van der Waals surface area contributed by atoms with E-state index in [0.29, 0.717) is 11.9 Å². The number of halogens is 6. The molecule has 0 saturated carbocycles. The normalized spacial score (nSPS) is 11.5. The van der Waals surface area contributed by atoms with Gasteiger partial charge >= 0.3 is 29.1 Å². The molecule has 0 amide bonds. The minimum Gasteiger partial charge on any atom is -1.00 e. The van der Waals surface area contributed by atoms with Crippen LogP contribution >= 0.6 is 56.4 Å². The molecule has 0 aromatic heterocycles. The average molecular weight is 630 g/mol. The van der Waals surface area contributed by atoms with Gasteiger partial charge in [0.1, 0.15) is 0 Å². The van der Waals surface area contributed by atoms with Crippen molar-refractivity contribution in [3.63, 3.8) is 0 Å². The van der Waals surface area contributed by atoms with Crippen LogP contribution in [0.15, 0.2) is 50.6 Å². The topological polar surface area (TPSA) is 9.23 Å².